The van der Waals surface area contributed by atoms with Crippen molar-refractivity contribution in [2.24, 2.45) is 4.99 Å². The van der Waals surface area contributed by atoms with Crippen LogP contribution in [0.25, 0.3) is 18.7 Å². The molecule has 2 rings (SSSR count). The molecule has 0 amide bonds. The summed E-state index contributed by atoms with van der Waals surface area (Å²) in [4.78, 5) is 13.0. The highest BCUT2D eigenvalue weighted by molar-refractivity contribution is 5.93. The van der Waals surface area contributed by atoms with Crippen molar-refractivity contribution in [3.05, 3.63) is 102 Å². The Morgan fingerprint density at radius 3 is 2.54 bits per heavy atom. The van der Waals surface area contributed by atoms with E-state index in [1.54, 1.807) is 6.07 Å². The summed E-state index contributed by atoms with van der Waals surface area (Å²) in [6.07, 6.45) is 13.2. The van der Waals surface area contributed by atoms with Crippen LogP contribution in [0.5, 0.6) is 0 Å². The van der Waals surface area contributed by atoms with Crippen molar-refractivity contribution >= 4 is 24.4 Å². The van der Waals surface area contributed by atoms with Gasteiger partial charge in [-0.05, 0) is 49.8 Å². The quantitative estimate of drug-likeness (QED) is 0.744. The summed E-state index contributed by atoms with van der Waals surface area (Å²) in [5, 5.41) is 1.30. The van der Waals surface area contributed by atoms with E-state index in [1.165, 1.54) is 6.33 Å². The first kappa shape index (κ1) is 20.8. The van der Waals surface area contributed by atoms with Crippen LogP contribution in [-0.2, 0) is 4.74 Å². The number of ether oxygens (including phenoxy) is 1. The van der Waals surface area contributed by atoms with Crippen LogP contribution in [0.2, 0.25) is 0 Å². The molecular formula is C24H25N3O. The average Bonchev–Trinajstić information content (AvgIpc) is 2.65. The first-order chi connectivity index (χ1) is 13.5. The third-order valence-corrected chi connectivity index (χ3v) is 3.77. The summed E-state index contributed by atoms with van der Waals surface area (Å²) in [6, 6.07) is 7.37. The Bertz CT molecular complexity index is 1030. The van der Waals surface area contributed by atoms with E-state index in [9.17, 15) is 0 Å². The van der Waals surface area contributed by atoms with Crippen molar-refractivity contribution < 1.29 is 4.74 Å². The third kappa shape index (κ3) is 6.65. The lowest BCUT2D eigenvalue weighted by atomic mass is 10.1. The summed E-state index contributed by atoms with van der Waals surface area (Å²) in [5.74, 6) is 0.635. The average molecular weight is 371 g/mol. The zero-order valence-electron chi connectivity index (χ0n) is 16.3. The maximum Gasteiger partial charge on any atom is 0.212 e. The molecule has 0 bridgehead atoms. The Balaban J connectivity index is 2.59. The lowest BCUT2D eigenvalue weighted by Gasteiger charge is -2.11. The van der Waals surface area contributed by atoms with Gasteiger partial charge in [-0.2, -0.15) is 0 Å². The van der Waals surface area contributed by atoms with Crippen molar-refractivity contribution in [1.82, 2.24) is 9.97 Å². The topological polar surface area (TPSA) is 47.4 Å². The molecule has 0 radical (unpaired) electrons. The molecular weight excluding hydrogens is 346 g/mol. The first-order valence-corrected chi connectivity index (χ1v) is 8.95. The second-order valence-corrected chi connectivity index (χ2v) is 6.12. The molecule has 1 aliphatic rings. The number of rotatable bonds is 1. The van der Waals surface area contributed by atoms with Gasteiger partial charge in [0, 0.05) is 11.3 Å². The molecule has 0 unspecified atom stereocenters. The molecule has 4 heteroatoms. The lowest BCUT2D eigenvalue weighted by molar-refractivity contribution is 0.325. The lowest BCUT2D eigenvalue weighted by Crippen LogP contribution is -2.10. The van der Waals surface area contributed by atoms with E-state index in [1.807, 2.05) is 43.4 Å². The summed E-state index contributed by atoms with van der Waals surface area (Å²) in [6.45, 7) is 17.8. The molecule has 0 saturated heterocycles. The Labute approximate surface area is 166 Å². The van der Waals surface area contributed by atoms with Crippen molar-refractivity contribution in [3.8, 4) is 0 Å². The van der Waals surface area contributed by atoms with Gasteiger partial charge in [-0.25, -0.2) is 15.0 Å². The summed E-state index contributed by atoms with van der Waals surface area (Å²) in [7, 11) is 0. The maximum absolute atomic E-state index is 5.76. The first-order valence-electron chi connectivity index (χ1n) is 8.95. The second-order valence-electron chi connectivity index (χ2n) is 6.12. The van der Waals surface area contributed by atoms with Gasteiger partial charge >= 0.3 is 0 Å². The monoisotopic (exact) mass is 371 g/mol. The summed E-state index contributed by atoms with van der Waals surface area (Å²) < 4.78 is 5.76. The van der Waals surface area contributed by atoms with E-state index in [2.05, 4.69) is 53.4 Å². The zero-order valence-corrected chi connectivity index (χ0v) is 16.3. The van der Waals surface area contributed by atoms with Crippen molar-refractivity contribution in [1.29, 1.82) is 0 Å². The number of allylic oxidation sites excluding steroid dienone is 6. The van der Waals surface area contributed by atoms with Crippen LogP contribution in [0.1, 0.15) is 25.5 Å². The smallest absolute Gasteiger partial charge is 0.212 e. The minimum absolute atomic E-state index is 0.257. The van der Waals surface area contributed by atoms with E-state index in [0.717, 1.165) is 18.6 Å². The van der Waals surface area contributed by atoms with E-state index in [0.29, 0.717) is 27.6 Å². The molecule has 0 fully saturated rings. The number of hydrogen-bond acceptors (Lipinski definition) is 4. The van der Waals surface area contributed by atoms with Gasteiger partial charge in [0.1, 0.15) is 12.1 Å². The van der Waals surface area contributed by atoms with Crippen LogP contribution in [0.3, 0.4) is 0 Å². The number of aliphatic imine (C=N–C) groups is 1. The van der Waals surface area contributed by atoms with E-state index >= 15 is 0 Å². The number of aromatic nitrogens is 2. The molecule has 0 aromatic carbocycles. The number of hydrogen-bond donors (Lipinski definition) is 0. The Hall–Kier alpha value is -3.53. The highest BCUT2D eigenvalue weighted by atomic mass is 16.5. The molecule has 0 aliphatic carbocycles. The van der Waals surface area contributed by atoms with Crippen LogP contribution in [-0.4, -0.2) is 15.7 Å². The van der Waals surface area contributed by atoms with Crippen LogP contribution in [0, 0.1) is 0 Å². The van der Waals surface area contributed by atoms with Crippen LogP contribution >= 0.6 is 0 Å². The molecule has 0 saturated carbocycles. The highest BCUT2D eigenvalue weighted by Crippen LogP contribution is 2.21. The van der Waals surface area contributed by atoms with Gasteiger partial charge in [0.2, 0.25) is 5.88 Å². The van der Waals surface area contributed by atoms with Crippen LogP contribution < -0.4 is 10.6 Å². The van der Waals surface area contributed by atoms with Crippen molar-refractivity contribution in [3.63, 3.8) is 0 Å². The van der Waals surface area contributed by atoms with Crippen molar-refractivity contribution in [2.75, 3.05) is 0 Å². The van der Waals surface area contributed by atoms with Gasteiger partial charge in [0.25, 0.3) is 0 Å². The molecule has 1 aromatic heterocycles. The van der Waals surface area contributed by atoms with Gasteiger partial charge in [0.15, 0.2) is 0 Å². The van der Waals surface area contributed by atoms with Gasteiger partial charge in [-0.1, -0.05) is 56.2 Å². The molecule has 0 spiro atoms. The maximum atomic E-state index is 5.76. The minimum Gasteiger partial charge on any atom is -0.440 e. The predicted molar refractivity (Wildman–Crippen MR) is 118 cm³/mol. The van der Waals surface area contributed by atoms with Crippen LogP contribution in [0.4, 0.5) is 0 Å². The van der Waals surface area contributed by atoms with E-state index < -0.39 is 0 Å². The number of nitrogens with zero attached hydrogens (tertiary/aromatic N) is 3. The fourth-order valence-corrected chi connectivity index (χ4v) is 2.41. The standard InChI is InChI=1S/C24H25N3O/c1-18-13-11-12-14-19(2)25-17-26-24(18)23-16-10-8-6-7-9-15-20(3)27-22(5)28-21(23)4/h8-17H,1-2,4-7H2,3H3/b10-8-,13-11?,14-12?,15-9-,23-16+,25-17?,26-24?,27-20-. The second kappa shape index (κ2) is 10.6. The van der Waals surface area contributed by atoms with Gasteiger partial charge in [0.05, 0.1) is 11.0 Å². The third-order valence-electron chi connectivity index (χ3n) is 3.77. The van der Waals surface area contributed by atoms with Gasteiger partial charge in [-0.15, -0.1) is 0 Å². The highest BCUT2D eigenvalue weighted by Gasteiger charge is 2.10. The largest absolute Gasteiger partial charge is 0.440 e. The Kier molecular flexibility index (Phi) is 7.85. The van der Waals surface area contributed by atoms with Crippen LogP contribution in [0.15, 0.2) is 90.8 Å². The molecule has 28 heavy (non-hydrogen) atoms. The molecule has 1 aromatic rings. The molecule has 142 valence electrons. The molecule has 2 heterocycles. The fourth-order valence-electron chi connectivity index (χ4n) is 2.41. The molecule has 0 atom stereocenters. The Morgan fingerprint density at radius 2 is 1.71 bits per heavy atom. The van der Waals surface area contributed by atoms with Gasteiger partial charge in [-0.3, -0.25) is 0 Å². The van der Waals surface area contributed by atoms with Gasteiger partial charge < -0.3 is 4.74 Å². The fraction of sp³-hybridized carbons (Fsp3) is 0.125. The molecule has 1 aliphatic heterocycles. The van der Waals surface area contributed by atoms with Crippen molar-refractivity contribution in [2.45, 2.75) is 19.8 Å². The molecule has 0 N–H and O–H groups in total. The summed E-state index contributed by atoms with van der Waals surface area (Å²) in [5.41, 5.74) is 2.08. The normalized spacial score (nSPS) is 21.2. The predicted octanol–water partition coefficient (Wildman–Crippen LogP) is 4.17. The zero-order chi connectivity index (χ0) is 20.4. The SMILES string of the molecule is C=C1/N=C(C)\C=C/CC/C=C\C=C(\c2ncnc(=C)ccccc2=C)C(=C)O1. The van der Waals surface area contributed by atoms with E-state index in [4.69, 9.17) is 4.74 Å². The summed E-state index contributed by atoms with van der Waals surface area (Å²) >= 11 is 0. The molecule has 4 nitrogen and oxygen atoms in total. The minimum atomic E-state index is 0.257. The van der Waals surface area contributed by atoms with E-state index in [-0.39, 0.29) is 5.88 Å². The Morgan fingerprint density at radius 1 is 0.964 bits per heavy atom.